The van der Waals surface area contributed by atoms with Crippen LogP contribution in [0.2, 0.25) is 0 Å². The molecule has 3 aliphatic rings. The van der Waals surface area contributed by atoms with E-state index in [4.69, 9.17) is 21.1 Å². The molecular weight excluding hydrogens is 1000 g/mol. The fourth-order valence-electron chi connectivity index (χ4n) is 9.71. The van der Waals surface area contributed by atoms with Crippen molar-refractivity contribution in [1.29, 1.82) is 0 Å². The van der Waals surface area contributed by atoms with E-state index in [0.717, 1.165) is 58.9 Å². The molecule has 1 amide bonds. The van der Waals surface area contributed by atoms with Gasteiger partial charge in [-0.2, -0.15) is 0 Å². The number of para-hydroxylation sites is 1. The third-order valence-corrected chi connectivity index (χ3v) is 17.3. The van der Waals surface area contributed by atoms with E-state index >= 15 is 0 Å². The minimum atomic E-state index is -3.57. The first-order valence-electron chi connectivity index (χ1n) is 25.6. The second kappa shape index (κ2) is 25.0. The van der Waals surface area contributed by atoms with E-state index in [1.165, 1.54) is 11.8 Å². The van der Waals surface area contributed by atoms with E-state index in [-0.39, 0.29) is 36.5 Å². The molecule has 7 rings (SSSR count). The fourth-order valence-corrected chi connectivity index (χ4v) is 11.9. The first kappa shape index (κ1) is 57.0. The third kappa shape index (κ3) is 14.4. The zero-order chi connectivity index (χ0) is 53.5. The number of hydrogen-bond donors (Lipinski definition) is 8. The Morgan fingerprint density at radius 3 is 2.39 bits per heavy atom. The second-order valence-electron chi connectivity index (χ2n) is 21.2. The highest BCUT2D eigenvalue weighted by Gasteiger charge is 2.45. The van der Waals surface area contributed by atoms with E-state index in [9.17, 15) is 28.5 Å². The molecule has 0 saturated carbocycles. The Balaban J connectivity index is 0.878. The van der Waals surface area contributed by atoms with Crippen LogP contribution in [0.3, 0.4) is 0 Å². The zero-order valence-corrected chi connectivity index (χ0v) is 46.5. The summed E-state index contributed by atoms with van der Waals surface area (Å²) in [5.74, 6) is 1.14. The molecule has 1 aromatic heterocycles. The molecule has 0 radical (unpaired) electrons. The lowest BCUT2D eigenvalue weighted by Gasteiger charge is -2.41. The number of sulfone groups is 1. The maximum Gasteiger partial charge on any atom is 0.237 e. The number of piperidine rings is 1. The monoisotopic (exact) mass is 1080 g/mol. The predicted molar refractivity (Wildman–Crippen MR) is 294 cm³/mol. The molecule has 3 aliphatic heterocycles. The van der Waals surface area contributed by atoms with E-state index in [0.29, 0.717) is 47.9 Å². The van der Waals surface area contributed by atoms with Crippen molar-refractivity contribution in [3.05, 3.63) is 99.4 Å². The number of nitrogens with one attached hydrogen (secondary N) is 5. The van der Waals surface area contributed by atoms with Gasteiger partial charge < -0.3 is 51.0 Å². The maximum absolute atomic E-state index is 13.6. The van der Waals surface area contributed by atoms with Crippen molar-refractivity contribution in [3.63, 3.8) is 0 Å². The van der Waals surface area contributed by atoms with Crippen LogP contribution in [0, 0.1) is 19.3 Å². The number of likely N-dealkylation sites (tertiary alicyclic amines) is 2. The number of halogens is 1. The average molecular weight is 1080 g/mol. The average Bonchev–Trinajstić information content (AvgIpc) is 3.98. The smallest absolute Gasteiger partial charge is 0.237 e. The normalized spacial score (nSPS) is 20.4. The summed E-state index contributed by atoms with van der Waals surface area (Å²) in [6.07, 6.45) is -0.205. The molecule has 3 aromatic carbocycles. The van der Waals surface area contributed by atoms with Gasteiger partial charge in [0.2, 0.25) is 5.91 Å². The lowest BCUT2D eigenvalue weighted by Crippen LogP contribution is -2.61. The first-order chi connectivity index (χ1) is 35.1. The molecule has 2 fully saturated rings. The largest absolute Gasteiger partial charge is 0.489 e. The SMILES string of the molecule is Cc1cc(NC2N=CC(Cl)=C(Nc3ccccc3S(=O)(=O)C(C)C)N2)c(OC(C)C)cc1C1CCN(CCOCC(O)NC(C(O)N2C[C@H](O)C[C@H]2C(=O)NCc2ccc(-c3scnc3C)cc2)C(C)(C)C)CC1. The minimum Gasteiger partial charge on any atom is -0.489 e. The number of allylic oxidation sites excluding steroid dienone is 1. The summed E-state index contributed by atoms with van der Waals surface area (Å²) < 4.78 is 38.7. The molecule has 74 heavy (non-hydrogen) atoms. The van der Waals surface area contributed by atoms with Gasteiger partial charge in [0.15, 0.2) is 16.1 Å². The number of carbonyl (C=O) groups is 1. The number of thiazole rings is 1. The van der Waals surface area contributed by atoms with Crippen molar-refractivity contribution >= 4 is 56.3 Å². The van der Waals surface area contributed by atoms with Crippen molar-refractivity contribution in [1.82, 2.24) is 30.7 Å². The number of aliphatic hydroxyl groups excluding tert-OH is 3. The predicted octanol–water partition coefficient (Wildman–Crippen LogP) is 6.87. The number of carbonyl (C=O) groups excluding carboxylic acids is 1. The van der Waals surface area contributed by atoms with Gasteiger partial charge in [-0.1, -0.05) is 68.8 Å². The van der Waals surface area contributed by atoms with Crippen LogP contribution in [0.1, 0.15) is 96.0 Å². The molecule has 404 valence electrons. The van der Waals surface area contributed by atoms with E-state index < -0.39 is 57.4 Å². The van der Waals surface area contributed by atoms with Gasteiger partial charge in [-0.05, 0) is 132 Å². The van der Waals surface area contributed by atoms with Gasteiger partial charge in [-0.3, -0.25) is 15.0 Å². The number of aliphatic hydroxyl groups is 3. The van der Waals surface area contributed by atoms with Crippen LogP contribution < -0.4 is 31.3 Å². The Morgan fingerprint density at radius 2 is 1.73 bits per heavy atom. The molecule has 6 atom stereocenters. The minimum absolute atomic E-state index is 0.00128. The molecule has 2 saturated heterocycles. The van der Waals surface area contributed by atoms with Gasteiger partial charge in [-0.25, -0.2) is 18.4 Å². The molecule has 20 heteroatoms. The number of hydrogen-bond acceptors (Lipinski definition) is 17. The maximum atomic E-state index is 13.6. The fraction of sp³-hybridized carbons (Fsp3) is 0.537. The van der Waals surface area contributed by atoms with Crippen LogP contribution in [0.15, 0.2) is 86.9 Å². The third-order valence-electron chi connectivity index (χ3n) is 13.8. The Bertz CT molecular complexity index is 2710. The van der Waals surface area contributed by atoms with Gasteiger partial charge in [-0.15, -0.1) is 11.3 Å². The van der Waals surface area contributed by atoms with Crippen molar-refractivity contribution in [2.45, 2.75) is 147 Å². The molecule has 0 aliphatic carbocycles. The van der Waals surface area contributed by atoms with Crippen molar-refractivity contribution in [3.8, 4) is 16.2 Å². The second-order valence-corrected chi connectivity index (χ2v) is 24.9. The van der Waals surface area contributed by atoms with Crippen LogP contribution >= 0.6 is 22.9 Å². The van der Waals surface area contributed by atoms with Gasteiger partial charge in [0.05, 0.1) is 80.1 Å². The van der Waals surface area contributed by atoms with E-state index in [1.54, 1.807) is 54.3 Å². The summed E-state index contributed by atoms with van der Waals surface area (Å²) in [5, 5.41) is 49.5. The molecule has 0 spiro atoms. The van der Waals surface area contributed by atoms with Crippen LogP contribution in [0.25, 0.3) is 10.4 Å². The van der Waals surface area contributed by atoms with Crippen LogP contribution in [0.5, 0.6) is 5.75 Å². The summed E-state index contributed by atoms with van der Waals surface area (Å²) in [7, 11) is -3.57. The number of β-amino-alcohol motifs (C(OH)–C–C–N with tert-alkyl or cyclic N) is 1. The highest BCUT2D eigenvalue weighted by atomic mass is 35.5. The highest BCUT2D eigenvalue weighted by molar-refractivity contribution is 7.92. The van der Waals surface area contributed by atoms with Crippen LogP contribution in [-0.4, -0.2) is 138 Å². The lowest BCUT2D eigenvalue weighted by molar-refractivity contribution is -0.133. The van der Waals surface area contributed by atoms with Crippen molar-refractivity contribution < 1.29 is 38.0 Å². The Labute approximate surface area is 446 Å². The topological polar surface area (TPSA) is 222 Å². The van der Waals surface area contributed by atoms with Crippen molar-refractivity contribution in [2.24, 2.45) is 10.4 Å². The number of benzene rings is 3. The molecule has 4 unspecified atom stereocenters. The van der Waals surface area contributed by atoms with Gasteiger partial charge in [0.25, 0.3) is 0 Å². The summed E-state index contributed by atoms with van der Waals surface area (Å²) in [5.41, 5.74) is 7.76. The van der Waals surface area contributed by atoms with Gasteiger partial charge in [0.1, 0.15) is 24.0 Å². The van der Waals surface area contributed by atoms with Crippen LogP contribution in [-0.2, 0) is 25.9 Å². The molecule has 0 bridgehead atoms. The van der Waals surface area contributed by atoms with E-state index in [1.807, 2.05) is 71.3 Å². The molecule has 4 heterocycles. The Kier molecular flexibility index (Phi) is 19.3. The summed E-state index contributed by atoms with van der Waals surface area (Å²) >= 11 is 8.17. The summed E-state index contributed by atoms with van der Waals surface area (Å²) in [4.78, 5) is 27.8. The Hall–Kier alpha value is -4.67. The number of amides is 1. The number of nitrogens with zero attached hydrogens (tertiary/aromatic N) is 4. The number of aryl methyl sites for hydroxylation is 2. The molecule has 8 N–H and O–H groups in total. The zero-order valence-electron chi connectivity index (χ0n) is 44.1. The van der Waals surface area contributed by atoms with Gasteiger partial charge in [0, 0.05) is 25.8 Å². The highest BCUT2D eigenvalue weighted by Crippen LogP contribution is 2.38. The first-order valence-corrected chi connectivity index (χ1v) is 28.4. The molecule has 4 aromatic rings. The van der Waals surface area contributed by atoms with Gasteiger partial charge >= 0.3 is 0 Å². The number of rotatable bonds is 22. The number of aromatic nitrogens is 1. The van der Waals surface area contributed by atoms with E-state index in [2.05, 4.69) is 60.5 Å². The summed E-state index contributed by atoms with van der Waals surface area (Å²) in [6.45, 7) is 20.5. The molecular formula is C54H76ClN9O8S2. The quantitative estimate of drug-likeness (QED) is 0.0297. The standard InChI is InChI=1S/C54H76ClN9O8S2/c1-32(2)72-45-26-40(34(5)24-43(45)60-53-57-28-41(55)50(62-53)59-42-12-10-11-13-46(42)74(69,70)33(3)4)37-18-20-63(21-19-37)22-23-71-30-47(66)61-49(54(7,8)9)52(68)64-29-39(65)25-44(64)51(67)56-27-36-14-16-38(17-15-36)48-35(6)58-31-73-48/h10-17,24,26,28,31-33,37,39,44,47,49,52-53,59-62,65-66,68H,18-23,25,27,29-30H2,1-9H3,(H,56,67)/t39-,44+,47?,49?,52?,53?/m1/s1. The number of ether oxygens (including phenoxy) is 2. The number of aliphatic imine (C=N–C) groups is 1. The Morgan fingerprint density at radius 1 is 1.01 bits per heavy atom. The van der Waals surface area contributed by atoms with Crippen LogP contribution in [0.4, 0.5) is 11.4 Å². The lowest BCUT2D eigenvalue weighted by atomic mass is 9.84. The summed E-state index contributed by atoms with van der Waals surface area (Å²) in [6, 6.07) is 17.5. The molecule has 17 nitrogen and oxygen atoms in total. The number of anilines is 2. The van der Waals surface area contributed by atoms with Crippen molar-refractivity contribution in [2.75, 3.05) is 50.0 Å².